The molecule has 4 saturated heterocycles. The number of hydrogen-bond acceptors (Lipinski definition) is 15. The Balaban J connectivity index is 0.000000145. The molecule has 2 aliphatic carbocycles. The third kappa shape index (κ3) is 14.3. The van der Waals surface area contributed by atoms with Gasteiger partial charge in [-0.25, -0.2) is 24.5 Å². The SMILES string of the molecule is [C-]#[N+]c1ccc(N2C(=O)C(C)(C)N(c3ccc(CCCC(=O)N4CCN(C)CC4)nc3)C2=S)cc1C.[C-]#[N+]c1ccc(N2C(=O)C3(CCC3)N(c3ccc(CCCc4ncco4)nc3)C2=S)cc1C.[C-]#[N+]c1ccc(N2C(=O)C3(CCC3)N(c3ccc(CCCc4nccs4)nc3)C2=S)cc1C. The number of piperazine rings is 1. The number of nitrogens with zero attached hydrogens (tertiary/aromatic N) is 16. The Kier molecular flexibility index (Phi) is 21.5. The molecule has 2 saturated carbocycles. The minimum atomic E-state index is -0.887. The van der Waals surface area contributed by atoms with E-state index < -0.39 is 16.6 Å². The molecule has 14 rings (SSSR count). The largest absolute Gasteiger partial charge is 0.449 e. The summed E-state index contributed by atoms with van der Waals surface area (Å²) >= 11 is 19.1. The zero-order valence-electron chi connectivity index (χ0n) is 58.0. The van der Waals surface area contributed by atoms with Crippen LogP contribution in [0.25, 0.3) is 14.5 Å². The average molecular weight is 1440 g/mol. The van der Waals surface area contributed by atoms with Crippen molar-refractivity contribution >= 4 is 138 Å². The first-order valence-electron chi connectivity index (χ1n) is 34.3. The van der Waals surface area contributed by atoms with Gasteiger partial charge in [-0.05, 0) is 251 Å². The predicted molar refractivity (Wildman–Crippen MR) is 410 cm³/mol. The third-order valence-electron chi connectivity index (χ3n) is 20.0. The van der Waals surface area contributed by atoms with E-state index in [0.29, 0.717) is 56.6 Å². The van der Waals surface area contributed by atoms with Crippen molar-refractivity contribution in [3.8, 4) is 0 Å². The second-order valence-corrected chi connectivity index (χ2v) is 29.0. The lowest BCUT2D eigenvalue weighted by molar-refractivity contribution is -0.133. The number of pyridine rings is 3. The zero-order chi connectivity index (χ0) is 72.0. The standard InChI is InChI=1S/C27H32N6O2S.C25H23N5O2S.C25H23N5OS2/c1-19-17-21(11-12-23(19)28-4)32-25(35)27(2,3)33(26(32)36)22-10-9-20(29-18-22)7-6-8-24(34)31-15-13-30(5)14-16-31;1-17-15-19(9-10-21(17)26-2)29-23(31)25(11-4-12-25)30(24(29)33)20-8-7-18(28-16-20)5-3-6-22-27-13-14-32-22;1-17-15-19(9-10-21(17)26-2)29-23(31)25(11-4-12-25)30(24(29)32)20-8-7-18(28-16-20)5-3-6-22-27-13-14-33-22/h9-12,17-18H,6-8,13-16H2,1-3,5H3;2*7-10,13-16H,3-6,11-12H2,1H3. The van der Waals surface area contributed by atoms with Crippen molar-refractivity contribution in [1.82, 2.24) is 34.7 Å². The molecule has 4 amide bonds. The summed E-state index contributed by atoms with van der Waals surface area (Å²) in [5.74, 6) is 0.834. The fourth-order valence-electron chi connectivity index (χ4n) is 13.9. The Labute approximate surface area is 615 Å². The minimum Gasteiger partial charge on any atom is -0.449 e. The molecule has 0 unspecified atom stereocenters. The van der Waals surface area contributed by atoms with E-state index in [2.05, 4.69) is 51.4 Å². The molecule has 4 aliphatic heterocycles. The molecule has 0 radical (unpaired) electrons. The van der Waals surface area contributed by atoms with E-state index >= 15 is 0 Å². The smallest absolute Gasteiger partial charge is 0.259 e. The Morgan fingerprint density at radius 2 is 0.941 bits per heavy atom. The summed E-state index contributed by atoms with van der Waals surface area (Å²) in [6.07, 6.45) is 22.8. The van der Waals surface area contributed by atoms with E-state index in [0.717, 1.165) is 177 Å². The lowest BCUT2D eigenvalue weighted by Gasteiger charge is -2.42. The van der Waals surface area contributed by atoms with Crippen LogP contribution >= 0.6 is 48.0 Å². The number of benzene rings is 3. The summed E-state index contributed by atoms with van der Waals surface area (Å²) < 4.78 is 5.28. The summed E-state index contributed by atoms with van der Waals surface area (Å²) in [7, 11) is 2.08. The maximum Gasteiger partial charge on any atom is 0.259 e. The van der Waals surface area contributed by atoms with Gasteiger partial charge in [0.2, 0.25) is 5.91 Å². The summed E-state index contributed by atoms with van der Waals surface area (Å²) in [4.78, 5) is 101. The van der Waals surface area contributed by atoms with Crippen LogP contribution in [0.5, 0.6) is 0 Å². The maximum absolute atomic E-state index is 13.6. The first-order valence-corrected chi connectivity index (χ1v) is 36.4. The molecule has 9 heterocycles. The number of anilines is 6. The Bertz CT molecular complexity index is 4430. The number of thiocarbonyl (C=S) groups is 3. The number of likely N-dealkylation sites (N-methyl/N-ethyl adjacent to an activating group) is 1. The first-order chi connectivity index (χ1) is 49.2. The highest BCUT2D eigenvalue weighted by Crippen LogP contribution is 2.50. The lowest BCUT2D eigenvalue weighted by Crippen LogP contribution is -2.55. The van der Waals surface area contributed by atoms with Gasteiger partial charge >= 0.3 is 0 Å². The molecule has 5 aromatic heterocycles. The van der Waals surface area contributed by atoms with Crippen molar-refractivity contribution in [2.24, 2.45) is 0 Å². The van der Waals surface area contributed by atoms with Crippen LogP contribution in [0.2, 0.25) is 0 Å². The Morgan fingerprint density at radius 3 is 1.32 bits per heavy atom. The fraction of sp³-hybridized carbons (Fsp3) is 0.364. The molecule has 8 aromatic rings. The number of amides is 4. The van der Waals surface area contributed by atoms with Crippen LogP contribution in [0.15, 0.2) is 138 Å². The van der Waals surface area contributed by atoms with Gasteiger partial charge in [0.05, 0.1) is 66.6 Å². The normalized spacial score (nSPS) is 17.3. The summed E-state index contributed by atoms with van der Waals surface area (Å²) in [6.45, 7) is 34.6. The van der Waals surface area contributed by atoms with Crippen LogP contribution < -0.4 is 29.4 Å². The summed E-state index contributed by atoms with van der Waals surface area (Å²) in [5, 5.41) is 4.48. The van der Waals surface area contributed by atoms with E-state index in [-0.39, 0.29) is 23.6 Å². The van der Waals surface area contributed by atoms with Gasteiger partial charge in [0, 0.05) is 84.7 Å². The molecular formula is C77H78N16O5S4. The predicted octanol–water partition coefficient (Wildman–Crippen LogP) is 14.8. The topological polar surface area (TPSA) is 185 Å². The van der Waals surface area contributed by atoms with Crippen molar-refractivity contribution in [1.29, 1.82) is 0 Å². The van der Waals surface area contributed by atoms with Crippen LogP contribution in [0, 0.1) is 40.5 Å². The number of rotatable bonds is 18. The van der Waals surface area contributed by atoms with E-state index in [1.807, 2.05) is 139 Å². The number of aryl methyl sites for hydroxylation is 8. The van der Waals surface area contributed by atoms with Gasteiger partial charge in [-0.15, -0.1) is 11.3 Å². The third-order valence-corrected chi connectivity index (χ3v) is 22.0. The van der Waals surface area contributed by atoms with E-state index in [9.17, 15) is 19.2 Å². The maximum atomic E-state index is 13.6. The molecule has 21 nitrogen and oxygen atoms in total. The quantitative estimate of drug-likeness (QED) is 0.0583. The zero-order valence-corrected chi connectivity index (χ0v) is 61.2. The number of hydrogen-bond donors (Lipinski definition) is 0. The van der Waals surface area contributed by atoms with Crippen molar-refractivity contribution < 1.29 is 23.6 Å². The summed E-state index contributed by atoms with van der Waals surface area (Å²) in [6, 6.07) is 28.1. The summed E-state index contributed by atoms with van der Waals surface area (Å²) in [5.41, 5.74) is 9.44. The molecule has 0 N–H and O–H groups in total. The highest BCUT2D eigenvalue weighted by Gasteiger charge is 2.61. The van der Waals surface area contributed by atoms with Gasteiger partial charge in [-0.1, -0.05) is 18.2 Å². The van der Waals surface area contributed by atoms with E-state index in [1.165, 1.54) is 4.90 Å². The van der Waals surface area contributed by atoms with Gasteiger partial charge in [0.1, 0.15) is 22.9 Å². The van der Waals surface area contributed by atoms with Gasteiger partial charge < -0.3 is 28.9 Å². The monoisotopic (exact) mass is 1430 g/mol. The molecule has 25 heteroatoms. The van der Waals surface area contributed by atoms with E-state index in [1.54, 1.807) is 70.1 Å². The van der Waals surface area contributed by atoms with Crippen molar-refractivity contribution in [3.05, 3.63) is 213 Å². The van der Waals surface area contributed by atoms with Crippen molar-refractivity contribution in [2.45, 2.75) is 148 Å². The molecule has 0 atom stereocenters. The number of carbonyl (C=O) groups excluding carboxylic acids is 4. The Hall–Kier alpha value is -10.1. The second-order valence-electron chi connectivity index (χ2n) is 27.0. The molecule has 6 aliphatic rings. The number of carbonyl (C=O) groups is 4. The molecule has 102 heavy (non-hydrogen) atoms. The van der Waals surface area contributed by atoms with Crippen LogP contribution in [-0.2, 0) is 51.3 Å². The van der Waals surface area contributed by atoms with Crippen molar-refractivity contribution in [2.75, 3.05) is 62.6 Å². The highest BCUT2D eigenvalue weighted by atomic mass is 32.1. The van der Waals surface area contributed by atoms with Gasteiger partial charge in [0.25, 0.3) is 17.7 Å². The van der Waals surface area contributed by atoms with Gasteiger partial charge in [-0.3, -0.25) is 48.8 Å². The number of thiazole rings is 1. The fourth-order valence-corrected chi connectivity index (χ4v) is 16.0. The second kappa shape index (κ2) is 30.6. The van der Waals surface area contributed by atoms with Gasteiger partial charge in [-0.2, -0.15) is 0 Å². The van der Waals surface area contributed by atoms with Crippen LogP contribution in [0.1, 0.15) is 123 Å². The molecule has 2 spiro atoms. The number of oxazole rings is 1. The van der Waals surface area contributed by atoms with E-state index in [4.69, 9.17) is 60.8 Å². The molecule has 0 bridgehead atoms. The minimum absolute atomic E-state index is 0.00346. The Morgan fingerprint density at radius 1 is 0.520 bits per heavy atom. The molecule has 3 aromatic carbocycles. The first kappa shape index (κ1) is 71.7. The lowest BCUT2D eigenvalue weighted by atomic mass is 9.75. The van der Waals surface area contributed by atoms with Gasteiger partial charge in [0.15, 0.2) is 38.3 Å². The van der Waals surface area contributed by atoms with Crippen LogP contribution in [-0.4, -0.2) is 124 Å². The molecule has 520 valence electrons. The molecular weight excluding hydrogens is 1360 g/mol. The molecule has 6 fully saturated rings. The van der Waals surface area contributed by atoms with Crippen LogP contribution in [0.4, 0.5) is 51.2 Å². The average Bonchev–Trinajstić information content (AvgIpc) is 1.56. The number of aromatic nitrogens is 5. The van der Waals surface area contributed by atoms with Crippen LogP contribution in [0.3, 0.4) is 0 Å². The van der Waals surface area contributed by atoms with Crippen molar-refractivity contribution in [3.63, 3.8) is 0 Å². The highest BCUT2D eigenvalue weighted by molar-refractivity contribution is 7.81.